The van der Waals surface area contributed by atoms with Crippen molar-refractivity contribution in [1.29, 1.82) is 0 Å². The van der Waals surface area contributed by atoms with Gasteiger partial charge in [0.25, 0.3) is 8.32 Å². The monoisotopic (exact) mass is 466 g/mol. The van der Waals surface area contributed by atoms with Gasteiger partial charge in [-0.05, 0) is 39.7 Å². The third-order valence-electron chi connectivity index (χ3n) is 6.73. The SMILES string of the molecule is COC(=O)CCSC1(c2ccc(O[Si](C(C)C)(C(C)C)C(C)C)c(C(C)C)c2)COC1. The fourth-order valence-corrected chi connectivity index (χ4v) is 11.5. The number of hydrogen-bond donors (Lipinski definition) is 0. The van der Waals surface area contributed by atoms with Crippen LogP contribution in [0.15, 0.2) is 18.2 Å². The second kappa shape index (κ2) is 10.8. The van der Waals surface area contributed by atoms with Crippen molar-refractivity contribution < 1.29 is 18.7 Å². The zero-order chi connectivity index (χ0) is 23.4. The van der Waals surface area contributed by atoms with E-state index in [2.05, 4.69) is 73.6 Å². The highest BCUT2D eigenvalue weighted by Crippen LogP contribution is 2.47. The molecule has 1 aromatic rings. The first-order valence-electron chi connectivity index (χ1n) is 11.6. The van der Waals surface area contributed by atoms with Crippen LogP contribution in [0.5, 0.6) is 5.75 Å². The summed E-state index contributed by atoms with van der Waals surface area (Å²) < 4.78 is 17.4. The van der Waals surface area contributed by atoms with Gasteiger partial charge in [0.05, 0.1) is 31.5 Å². The number of esters is 1. The highest BCUT2D eigenvalue weighted by Gasteiger charge is 2.47. The van der Waals surface area contributed by atoms with Crippen LogP contribution in [-0.4, -0.2) is 40.4 Å². The third-order valence-corrected chi connectivity index (χ3v) is 14.2. The summed E-state index contributed by atoms with van der Waals surface area (Å²) in [6, 6.07) is 6.74. The average molecular weight is 467 g/mol. The van der Waals surface area contributed by atoms with Gasteiger partial charge < -0.3 is 13.9 Å². The molecule has 0 spiro atoms. The van der Waals surface area contributed by atoms with Gasteiger partial charge in [-0.2, -0.15) is 0 Å². The van der Waals surface area contributed by atoms with E-state index in [-0.39, 0.29) is 10.7 Å². The van der Waals surface area contributed by atoms with Crippen LogP contribution in [0.4, 0.5) is 0 Å². The number of thioether (sulfide) groups is 1. The third kappa shape index (κ3) is 5.51. The quantitative estimate of drug-likeness (QED) is 0.262. The van der Waals surface area contributed by atoms with Crippen molar-refractivity contribution in [3.8, 4) is 5.75 Å². The Morgan fingerprint density at radius 1 is 1.06 bits per heavy atom. The van der Waals surface area contributed by atoms with Crippen molar-refractivity contribution in [1.82, 2.24) is 0 Å². The summed E-state index contributed by atoms with van der Waals surface area (Å²) in [5, 5.41) is 0. The molecule has 6 heteroatoms. The van der Waals surface area contributed by atoms with Crippen molar-refractivity contribution in [2.24, 2.45) is 0 Å². The van der Waals surface area contributed by atoms with Crippen LogP contribution in [0.1, 0.15) is 78.9 Å². The lowest BCUT2D eigenvalue weighted by Crippen LogP contribution is -2.51. The summed E-state index contributed by atoms with van der Waals surface area (Å²) in [6.45, 7) is 19.8. The number of rotatable bonds is 11. The van der Waals surface area contributed by atoms with Crippen LogP contribution in [-0.2, 0) is 19.0 Å². The second-order valence-electron chi connectivity index (χ2n) is 9.99. The summed E-state index contributed by atoms with van der Waals surface area (Å²) in [4.78, 5) is 11.5. The Balaban J connectivity index is 2.37. The van der Waals surface area contributed by atoms with E-state index < -0.39 is 8.32 Å². The lowest BCUT2D eigenvalue weighted by Gasteiger charge is -2.44. The maximum Gasteiger partial charge on any atom is 0.306 e. The van der Waals surface area contributed by atoms with E-state index in [0.29, 0.717) is 42.2 Å². The maximum atomic E-state index is 11.5. The first-order valence-corrected chi connectivity index (χ1v) is 14.7. The van der Waals surface area contributed by atoms with Gasteiger partial charge in [0.1, 0.15) is 5.75 Å². The van der Waals surface area contributed by atoms with Crippen LogP contribution in [0, 0.1) is 0 Å². The Hall–Kier alpha value is -0.983. The molecule has 1 aromatic carbocycles. The van der Waals surface area contributed by atoms with Gasteiger partial charge in [0, 0.05) is 5.75 Å². The maximum absolute atomic E-state index is 11.5. The molecule has 0 aromatic heterocycles. The fourth-order valence-electron chi connectivity index (χ4n) is 4.97. The normalized spacial score (nSPS) is 16.2. The predicted octanol–water partition coefficient (Wildman–Crippen LogP) is 6.89. The molecule has 0 bridgehead atoms. The second-order valence-corrected chi connectivity index (χ2v) is 16.8. The van der Waals surface area contributed by atoms with E-state index in [9.17, 15) is 4.79 Å². The first-order chi connectivity index (χ1) is 14.5. The number of methoxy groups -OCH3 is 1. The van der Waals surface area contributed by atoms with Crippen molar-refractivity contribution in [3.63, 3.8) is 0 Å². The van der Waals surface area contributed by atoms with Crippen molar-refractivity contribution >= 4 is 26.0 Å². The van der Waals surface area contributed by atoms with Crippen LogP contribution in [0.2, 0.25) is 16.6 Å². The number of ether oxygens (including phenoxy) is 2. The topological polar surface area (TPSA) is 44.8 Å². The summed E-state index contributed by atoms with van der Waals surface area (Å²) in [5.41, 5.74) is 4.15. The number of hydrogen-bond acceptors (Lipinski definition) is 5. The molecular weight excluding hydrogens is 424 g/mol. The van der Waals surface area contributed by atoms with Crippen LogP contribution in [0.25, 0.3) is 0 Å². The van der Waals surface area contributed by atoms with Gasteiger partial charge >= 0.3 is 5.97 Å². The van der Waals surface area contributed by atoms with Crippen LogP contribution >= 0.6 is 11.8 Å². The molecule has 176 valence electrons. The number of benzene rings is 1. The zero-order valence-electron chi connectivity index (χ0n) is 20.9. The minimum atomic E-state index is -2.02. The zero-order valence-corrected chi connectivity index (χ0v) is 22.7. The minimum Gasteiger partial charge on any atom is -0.542 e. The molecule has 1 saturated heterocycles. The molecular formula is C25H42O4SSi. The smallest absolute Gasteiger partial charge is 0.306 e. The van der Waals surface area contributed by atoms with Gasteiger partial charge in [0.2, 0.25) is 0 Å². The molecule has 4 nitrogen and oxygen atoms in total. The highest BCUT2D eigenvalue weighted by atomic mass is 32.2. The average Bonchev–Trinajstić information content (AvgIpc) is 2.67. The number of carbonyl (C=O) groups excluding carboxylic acids is 1. The molecule has 31 heavy (non-hydrogen) atoms. The summed E-state index contributed by atoms with van der Waals surface area (Å²) in [7, 11) is -0.580. The lowest BCUT2D eigenvalue weighted by atomic mass is 9.91. The van der Waals surface area contributed by atoms with Crippen LogP contribution in [0.3, 0.4) is 0 Å². The molecule has 1 aliphatic heterocycles. The Labute approximate surface area is 194 Å². The van der Waals surface area contributed by atoms with Crippen molar-refractivity contribution in [3.05, 3.63) is 29.3 Å². The molecule has 0 aliphatic carbocycles. The Morgan fingerprint density at radius 3 is 2.06 bits per heavy atom. The Bertz CT molecular complexity index is 719. The van der Waals surface area contributed by atoms with Gasteiger partial charge in [-0.25, -0.2) is 0 Å². The van der Waals surface area contributed by atoms with E-state index in [1.165, 1.54) is 18.2 Å². The van der Waals surface area contributed by atoms with Crippen LogP contribution < -0.4 is 4.43 Å². The first kappa shape index (κ1) is 26.3. The van der Waals surface area contributed by atoms with E-state index in [4.69, 9.17) is 13.9 Å². The molecule has 0 unspecified atom stereocenters. The predicted molar refractivity (Wildman–Crippen MR) is 134 cm³/mol. The molecule has 0 radical (unpaired) electrons. The molecule has 0 atom stereocenters. The van der Waals surface area contributed by atoms with E-state index in [0.717, 1.165) is 11.5 Å². The van der Waals surface area contributed by atoms with E-state index >= 15 is 0 Å². The fraction of sp³-hybridized carbons (Fsp3) is 0.720. The number of carbonyl (C=O) groups is 1. The lowest BCUT2D eigenvalue weighted by molar-refractivity contribution is -0.140. The Kier molecular flexibility index (Phi) is 9.12. The highest BCUT2D eigenvalue weighted by molar-refractivity contribution is 8.00. The van der Waals surface area contributed by atoms with Crippen molar-refractivity contribution in [2.45, 2.75) is 89.1 Å². The standard InChI is InChI=1S/C25H42O4SSi/c1-17(2)22-14-21(25(15-28-16-25)30-13-12-24(26)27-9)10-11-23(22)29-31(18(3)4,19(5)6)20(7)8/h10-11,14,17-20H,12-13,15-16H2,1-9H3. The molecule has 2 rings (SSSR count). The summed E-state index contributed by atoms with van der Waals surface area (Å²) in [6.07, 6.45) is 0.423. The molecule has 0 N–H and O–H groups in total. The van der Waals surface area contributed by atoms with Gasteiger partial charge in [-0.1, -0.05) is 67.5 Å². The summed E-state index contributed by atoms with van der Waals surface area (Å²) in [5.74, 6) is 1.99. The minimum absolute atomic E-state index is 0.0845. The van der Waals surface area contributed by atoms with Crippen molar-refractivity contribution in [2.75, 3.05) is 26.1 Å². The Morgan fingerprint density at radius 2 is 1.65 bits per heavy atom. The molecule has 1 heterocycles. The molecule has 0 saturated carbocycles. The van der Waals surface area contributed by atoms with E-state index in [1.807, 2.05) is 0 Å². The molecule has 1 aliphatic rings. The van der Waals surface area contributed by atoms with E-state index in [1.54, 1.807) is 11.8 Å². The summed E-state index contributed by atoms with van der Waals surface area (Å²) >= 11 is 1.80. The molecule has 0 amide bonds. The van der Waals surface area contributed by atoms with Gasteiger partial charge in [0.15, 0.2) is 0 Å². The molecule has 1 fully saturated rings. The van der Waals surface area contributed by atoms with Gasteiger partial charge in [-0.3, -0.25) is 4.79 Å². The van der Waals surface area contributed by atoms with Gasteiger partial charge in [-0.15, -0.1) is 11.8 Å². The largest absolute Gasteiger partial charge is 0.542 e.